The third kappa shape index (κ3) is 36.5. The lowest BCUT2D eigenvalue weighted by atomic mass is 10.0. The van der Waals surface area contributed by atoms with Gasteiger partial charge >= 0.3 is 0 Å². The minimum absolute atomic E-state index is 0.0266. The second-order valence-corrected chi connectivity index (χ2v) is 15.1. The van der Waals surface area contributed by atoms with E-state index >= 15 is 0 Å². The average molecular weight is 666 g/mol. The highest BCUT2D eigenvalue weighted by Crippen LogP contribution is 2.17. The van der Waals surface area contributed by atoms with Crippen molar-refractivity contribution in [2.45, 2.75) is 264 Å². The van der Waals surface area contributed by atoms with Crippen molar-refractivity contribution >= 4 is 5.91 Å². The summed E-state index contributed by atoms with van der Waals surface area (Å²) in [7, 11) is 0. The van der Waals surface area contributed by atoms with Gasteiger partial charge in [0.25, 0.3) is 0 Å². The molecule has 2 unspecified atom stereocenters. The molecule has 4 heteroatoms. The average Bonchev–Trinajstić information content (AvgIpc) is 3.07. The Morgan fingerprint density at radius 3 is 0.957 bits per heavy atom. The number of carbonyl (C=O) groups excluding carboxylic acids is 1. The quantitative estimate of drug-likeness (QED) is 0.0570. The van der Waals surface area contributed by atoms with Gasteiger partial charge < -0.3 is 15.5 Å². The van der Waals surface area contributed by atoms with E-state index in [2.05, 4.69) is 19.2 Å². The first-order chi connectivity index (χ1) is 23.2. The highest BCUT2D eigenvalue weighted by molar-refractivity contribution is 5.76. The number of unbranched alkanes of at least 4 members (excludes halogenated alkanes) is 33. The summed E-state index contributed by atoms with van der Waals surface area (Å²) in [5.74, 6) is -0.0266. The Morgan fingerprint density at radius 1 is 0.426 bits per heavy atom. The van der Waals surface area contributed by atoms with E-state index in [4.69, 9.17) is 0 Å². The maximum atomic E-state index is 12.4. The molecule has 4 nitrogen and oxygen atoms in total. The van der Waals surface area contributed by atoms with E-state index in [1.54, 1.807) is 0 Å². The van der Waals surface area contributed by atoms with Crippen LogP contribution in [-0.4, -0.2) is 34.9 Å². The van der Waals surface area contributed by atoms with Crippen LogP contribution in [0, 0.1) is 0 Å². The first-order valence-corrected chi connectivity index (χ1v) is 21.7. The molecule has 0 aromatic carbocycles. The van der Waals surface area contributed by atoms with Gasteiger partial charge in [0.1, 0.15) is 0 Å². The molecule has 0 aliphatic heterocycles. The molecule has 0 fully saturated rings. The molecule has 2 atom stereocenters. The number of carbonyl (C=O) groups is 1. The molecule has 0 aromatic rings. The zero-order chi connectivity index (χ0) is 34.3. The number of aliphatic hydroxyl groups excluding tert-OH is 2. The van der Waals surface area contributed by atoms with E-state index in [0.717, 1.165) is 25.7 Å². The van der Waals surface area contributed by atoms with Crippen LogP contribution in [-0.2, 0) is 4.79 Å². The second kappa shape index (κ2) is 39.8. The summed E-state index contributed by atoms with van der Waals surface area (Å²) in [6, 6.07) is -0.528. The van der Waals surface area contributed by atoms with Crippen LogP contribution in [0.1, 0.15) is 251 Å². The molecule has 282 valence electrons. The van der Waals surface area contributed by atoms with E-state index in [0.29, 0.717) is 12.8 Å². The van der Waals surface area contributed by atoms with Gasteiger partial charge in [0, 0.05) is 6.42 Å². The topological polar surface area (TPSA) is 69.6 Å². The number of nitrogens with one attached hydrogen (secondary N) is 1. The highest BCUT2D eigenvalue weighted by Gasteiger charge is 2.20. The van der Waals surface area contributed by atoms with Gasteiger partial charge in [-0.15, -0.1) is 0 Å². The summed E-state index contributed by atoms with van der Waals surface area (Å²) >= 11 is 0. The summed E-state index contributed by atoms with van der Waals surface area (Å²) in [4.78, 5) is 12.4. The minimum atomic E-state index is -0.651. The van der Waals surface area contributed by atoms with Crippen LogP contribution in [0.4, 0.5) is 0 Å². The number of hydrogen-bond acceptors (Lipinski definition) is 3. The fourth-order valence-electron chi connectivity index (χ4n) is 7.01. The third-order valence-electron chi connectivity index (χ3n) is 10.4. The van der Waals surface area contributed by atoms with Crippen molar-refractivity contribution in [2.24, 2.45) is 0 Å². The molecular weight excluding hydrogens is 578 g/mol. The Labute approximate surface area is 295 Å². The molecule has 0 rings (SSSR count). The summed E-state index contributed by atoms with van der Waals surface area (Å²) in [5, 5.41) is 23.1. The van der Waals surface area contributed by atoms with Crippen LogP contribution < -0.4 is 5.32 Å². The fourth-order valence-corrected chi connectivity index (χ4v) is 7.01. The smallest absolute Gasteiger partial charge is 0.220 e. The molecule has 1 amide bonds. The van der Waals surface area contributed by atoms with Gasteiger partial charge in [-0.1, -0.05) is 232 Å². The van der Waals surface area contributed by atoms with Crippen molar-refractivity contribution in [3.63, 3.8) is 0 Å². The normalized spacial score (nSPS) is 12.9. The molecule has 0 radical (unpaired) electrons. The van der Waals surface area contributed by atoms with Gasteiger partial charge in [0.15, 0.2) is 0 Å². The van der Waals surface area contributed by atoms with Crippen LogP contribution in [0.5, 0.6) is 0 Å². The van der Waals surface area contributed by atoms with E-state index in [9.17, 15) is 15.0 Å². The van der Waals surface area contributed by atoms with E-state index in [-0.39, 0.29) is 12.5 Å². The monoisotopic (exact) mass is 666 g/mol. The Balaban J connectivity index is 3.43. The van der Waals surface area contributed by atoms with Crippen molar-refractivity contribution in [2.75, 3.05) is 6.61 Å². The van der Waals surface area contributed by atoms with Crippen molar-refractivity contribution < 1.29 is 15.0 Å². The van der Waals surface area contributed by atoms with Crippen molar-refractivity contribution in [3.05, 3.63) is 0 Å². The minimum Gasteiger partial charge on any atom is -0.394 e. The van der Waals surface area contributed by atoms with Gasteiger partial charge in [-0.2, -0.15) is 0 Å². The van der Waals surface area contributed by atoms with Gasteiger partial charge in [-0.3, -0.25) is 4.79 Å². The SMILES string of the molecule is CCCCCCCCCCCCCCCCCCCCCCCCCC(=O)NC(CO)C(O)CCCCCCCCCCCCCC. The van der Waals surface area contributed by atoms with Gasteiger partial charge in [-0.25, -0.2) is 0 Å². The maximum absolute atomic E-state index is 12.4. The molecule has 0 aliphatic carbocycles. The molecule has 3 N–H and O–H groups in total. The Bertz CT molecular complexity index is 598. The first-order valence-electron chi connectivity index (χ1n) is 21.7. The lowest BCUT2D eigenvalue weighted by Crippen LogP contribution is -2.45. The van der Waals surface area contributed by atoms with Crippen LogP contribution in [0.15, 0.2) is 0 Å². The van der Waals surface area contributed by atoms with Gasteiger partial charge in [0.05, 0.1) is 18.8 Å². The van der Waals surface area contributed by atoms with Crippen molar-refractivity contribution in [3.8, 4) is 0 Å². The molecular formula is C43H87NO3. The first kappa shape index (κ1) is 46.4. The predicted molar refractivity (Wildman–Crippen MR) is 207 cm³/mol. The molecule has 0 heterocycles. The standard InChI is InChI=1S/C43H87NO3/c1-3-5-7-9-11-13-15-17-18-19-20-21-22-23-24-25-26-27-29-31-33-35-37-39-43(47)44-41(40-45)42(46)38-36-34-32-30-28-16-14-12-10-8-6-4-2/h41-42,45-46H,3-40H2,1-2H3,(H,44,47). The lowest BCUT2D eigenvalue weighted by Gasteiger charge is -2.22. The maximum Gasteiger partial charge on any atom is 0.220 e. The Hall–Kier alpha value is -0.610. The molecule has 47 heavy (non-hydrogen) atoms. The molecule has 0 bridgehead atoms. The highest BCUT2D eigenvalue weighted by atomic mass is 16.3. The van der Waals surface area contributed by atoms with Crippen LogP contribution in [0.2, 0.25) is 0 Å². The molecule has 0 spiro atoms. The third-order valence-corrected chi connectivity index (χ3v) is 10.4. The zero-order valence-electron chi connectivity index (χ0n) is 32.3. The van der Waals surface area contributed by atoms with E-state index < -0.39 is 12.1 Å². The molecule has 0 aliphatic rings. The Morgan fingerprint density at radius 2 is 0.681 bits per heavy atom. The van der Waals surface area contributed by atoms with Gasteiger partial charge in [0.2, 0.25) is 5.91 Å². The van der Waals surface area contributed by atoms with Crippen molar-refractivity contribution in [1.29, 1.82) is 0 Å². The summed E-state index contributed by atoms with van der Waals surface area (Å²) in [5.41, 5.74) is 0. The number of rotatable bonds is 40. The number of amides is 1. The number of hydrogen-bond donors (Lipinski definition) is 3. The van der Waals surface area contributed by atoms with Crippen LogP contribution in [0.3, 0.4) is 0 Å². The molecule has 0 aromatic heterocycles. The fraction of sp³-hybridized carbons (Fsp3) is 0.977. The zero-order valence-corrected chi connectivity index (χ0v) is 32.3. The van der Waals surface area contributed by atoms with Crippen LogP contribution in [0.25, 0.3) is 0 Å². The molecule has 0 saturated heterocycles. The lowest BCUT2D eigenvalue weighted by molar-refractivity contribution is -0.123. The molecule has 0 saturated carbocycles. The number of aliphatic hydroxyl groups is 2. The largest absolute Gasteiger partial charge is 0.394 e. The summed E-state index contributed by atoms with van der Waals surface area (Å²) < 4.78 is 0. The van der Waals surface area contributed by atoms with Crippen molar-refractivity contribution in [1.82, 2.24) is 5.32 Å². The second-order valence-electron chi connectivity index (χ2n) is 15.1. The van der Waals surface area contributed by atoms with Gasteiger partial charge in [-0.05, 0) is 12.8 Å². The van der Waals surface area contributed by atoms with E-state index in [1.165, 1.54) is 199 Å². The van der Waals surface area contributed by atoms with Crippen LogP contribution >= 0.6 is 0 Å². The predicted octanol–water partition coefficient (Wildman–Crippen LogP) is 13.3. The summed E-state index contributed by atoms with van der Waals surface area (Å²) in [6.07, 6.45) is 47.5. The summed E-state index contributed by atoms with van der Waals surface area (Å²) in [6.45, 7) is 4.37. The Kier molecular flexibility index (Phi) is 39.3. The van der Waals surface area contributed by atoms with E-state index in [1.807, 2.05) is 0 Å².